The lowest BCUT2D eigenvalue weighted by atomic mass is 9.84. The van der Waals surface area contributed by atoms with Crippen molar-refractivity contribution in [3.63, 3.8) is 0 Å². The molecule has 2 heterocycles. The zero-order chi connectivity index (χ0) is 17.5. The van der Waals surface area contributed by atoms with Crippen molar-refractivity contribution < 1.29 is 4.79 Å². The molecule has 1 aliphatic rings. The van der Waals surface area contributed by atoms with E-state index in [1.165, 1.54) is 12.8 Å². The van der Waals surface area contributed by atoms with Gasteiger partial charge in [0, 0.05) is 18.8 Å². The van der Waals surface area contributed by atoms with Crippen LogP contribution in [0.5, 0.6) is 0 Å². The molecule has 2 atom stereocenters. The van der Waals surface area contributed by atoms with Crippen LogP contribution < -0.4 is 10.6 Å². The first-order valence-electron chi connectivity index (χ1n) is 9.19. The van der Waals surface area contributed by atoms with Crippen molar-refractivity contribution in [3.05, 3.63) is 66.0 Å². The summed E-state index contributed by atoms with van der Waals surface area (Å²) in [6.45, 7) is 4.34. The lowest BCUT2D eigenvalue weighted by Gasteiger charge is -2.28. The van der Waals surface area contributed by atoms with Crippen LogP contribution in [0.3, 0.4) is 0 Å². The first kappa shape index (κ1) is 17.6. The number of carbonyl (C=O) groups excluding carboxylic acids is 1. The Hall–Kier alpha value is -2.20. The average Bonchev–Trinajstić information content (AvgIpc) is 2.68. The Morgan fingerprint density at radius 2 is 1.88 bits per heavy atom. The minimum atomic E-state index is -0.150. The Labute approximate surface area is 150 Å². The molecule has 2 unspecified atom stereocenters. The zero-order valence-electron chi connectivity index (χ0n) is 14.8. The number of hydrogen-bond donors (Lipinski definition) is 2. The standard InChI is InChI=1S/C21H27N3O/c1-16(17-9-12-22-13-10-17)14-20(25)24-21(18-6-3-2-4-7-18)19-8-5-11-23-15-19/h2-8,11,15-17,21-22H,9-10,12-14H2,1H3,(H,24,25). The van der Waals surface area contributed by atoms with Gasteiger partial charge in [-0.3, -0.25) is 9.78 Å². The van der Waals surface area contributed by atoms with E-state index in [0.29, 0.717) is 18.3 Å². The molecule has 1 saturated heterocycles. The zero-order valence-corrected chi connectivity index (χ0v) is 14.8. The molecule has 0 saturated carbocycles. The van der Waals surface area contributed by atoms with E-state index in [1.54, 1.807) is 6.20 Å². The van der Waals surface area contributed by atoms with Gasteiger partial charge in [-0.2, -0.15) is 0 Å². The SMILES string of the molecule is CC(CC(=O)NC(c1ccccc1)c1cccnc1)C1CCNCC1. The maximum absolute atomic E-state index is 12.7. The van der Waals surface area contributed by atoms with Crippen molar-refractivity contribution >= 4 is 5.91 Å². The first-order valence-corrected chi connectivity index (χ1v) is 9.19. The quantitative estimate of drug-likeness (QED) is 0.850. The molecule has 4 nitrogen and oxygen atoms in total. The number of nitrogens with one attached hydrogen (secondary N) is 2. The number of rotatable bonds is 6. The third kappa shape index (κ3) is 4.89. The van der Waals surface area contributed by atoms with Crippen LogP contribution in [0, 0.1) is 11.8 Å². The number of piperidine rings is 1. The number of carbonyl (C=O) groups is 1. The number of pyridine rings is 1. The molecule has 1 aromatic heterocycles. The van der Waals surface area contributed by atoms with Crippen LogP contribution in [0.4, 0.5) is 0 Å². The van der Waals surface area contributed by atoms with Gasteiger partial charge in [0.1, 0.15) is 0 Å². The van der Waals surface area contributed by atoms with Gasteiger partial charge in [-0.1, -0.05) is 43.3 Å². The molecule has 25 heavy (non-hydrogen) atoms. The summed E-state index contributed by atoms with van der Waals surface area (Å²) in [5.41, 5.74) is 2.09. The molecule has 2 aromatic rings. The normalized spacial score (nSPS) is 17.6. The predicted octanol–water partition coefficient (Wildman–Crippen LogP) is 3.31. The van der Waals surface area contributed by atoms with Crippen LogP contribution >= 0.6 is 0 Å². The number of amides is 1. The van der Waals surface area contributed by atoms with Gasteiger partial charge in [0.15, 0.2) is 0 Å². The Balaban J connectivity index is 1.68. The highest BCUT2D eigenvalue weighted by Gasteiger charge is 2.24. The van der Waals surface area contributed by atoms with Crippen LogP contribution in [-0.2, 0) is 4.79 Å². The molecule has 1 amide bonds. The third-order valence-corrected chi connectivity index (χ3v) is 5.15. The molecule has 0 bridgehead atoms. The summed E-state index contributed by atoms with van der Waals surface area (Å²) in [5, 5.41) is 6.62. The minimum absolute atomic E-state index is 0.115. The van der Waals surface area contributed by atoms with Crippen molar-refractivity contribution in [2.45, 2.75) is 32.2 Å². The van der Waals surface area contributed by atoms with Gasteiger partial charge in [-0.05, 0) is 55.0 Å². The highest BCUT2D eigenvalue weighted by atomic mass is 16.1. The monoisotopic (exact) mass is 337 g/mol. The van der Waals surface area contributed by atoms with Gasteiger partial charge in [0.2, 0.25) is 5.91 Å². The topological polar surface area (TPSA) is 54.0 Å². The second-order valence-electron chi connectivity index (χ2n) is 6.97. The van der Waals surface area contributed by atoms with Crippen LogP contribution in [0.25, 0.3) is 0 Å². The second-order valence-corrected chi connectivity index (χ2v) is 6.97. The Morgan fingerprint density at radius 3 is 2.56 bits per heavy atom. The summed E-state index contributed by atoms with van der Waals surface area (Å²) in [7, 11) is 0. The van der Waals surface area contributed by atoms with Gasteiger partial charge in [0.25, 0.3) is 0 Å². The Morgan fingerprint density at radius 1 is 1.16 bits per heavy atom. The molecule has 132 valence electrons. The van der Waals surface area contributed by atoms with E-state index >= 15 is 0 Å². The smallest absolute Gasteiger partial charge is 0.221 e. The highest BCUT2D eigenvalue weighted by molar-refractivity contribution is 5.77. The van der Waals surface area contributed by atoms with E-state index in [2.05, 4.69) is 22.5 Å². The summed E-state index contributed by atoms with van der Waals surface area (Å²) in [4.78, 5) is 16.9. The van der Waals surface area contributed by atoms with Crippen LogP contribution in [0.2, 0.25) is 0 Å². The fraction of sp³-hybridized carbons (Fsp3) is 0.429. The van der Waals surface area contributed by atoms with Crippen LogP contribution in [0.1, 0.15) is 43.4 Å². The van der Waals surface area contributed by atoms with Gasteiger partial charge < -0.3 is 10.6 Å². The van der Waals surface area contributed by atoms with E-state index in [9.17, 15) is 4.79 Å². The summed E-state index contributed by atoms with van der Waals surface area (Å²) in [5.74, 6) is 1.16. The van der Waals surface area contributed by atoms with Gasteiger partial charge in [0.05, 0.1) is 6.04 Å². The molecular weight excluding hydrogens is 310 g/mol. The summed E-state index contributed by atoms with van der Waals surface area (Å²) in [6, 6.07) is 13.9. The van der Waals surface area contributed by atoms with E-state index in [4.69, 9.17) is 0 Å². The minimum Gasteiger partial charge on any atom is -0.345 e. The maximum atomic E-state index is 12.7. The largest absolute Gasteiger partial charge is 0.345 e. The third-order valence-electron chi connectivity index (χ3n) is 5.15. The number of benzene rings is 1. The summed E-state index contributed by atoms with van der Waals surface area (Å²) >= 11 is 0. The van der Waals surface area contributed by atoms with Crippen molar-refractivity contribution in [1.82, 2.24) is 15.6 Å². The molecule has 0 spiro atoms. The Bertz CT molecular complexity index is 614. The number of aromatic nitrogens is 1. The molecule has 4 heteroatoms. The predicted molar refractivity (Wildman–Crippen MR) is 100 cm³/mol. The lowest BCUT2D eigenvalue weighted by Crippen LogP contribution is -2.35. The highest BCUT2D eigenvalue weighted by Crippen LogP contribution is 2.26. The molecule has 3 rings (SSSR count). The molecular formula is C21H27N3O. The fourth-order valence-corrected chi connectivity index (χ4v) is 3.64. The van der Waals surface area contributed by atoms with E-state index < -0.39 is 0 Å². The van der Waals surface area contributed by atoms with Crippen molar-refractivity contribution in [3.8, 4) is 0 Å². The molecule has 1 fully saturated rings. The van der Waals surface area contributed by atoms with Crippen molar-refractivity contribution in [2.24, 2.45) is 11.8 Å². The number of hydrogen-bond acceptors (Lipinski definition) is 3. The second kappa shape index (κ2) is 8.77. The van der Waals surface area contributed by atoms with Gasteiger partial charge >= 0.3 is 0 Å². The lowest BCUT2D eigenvalue weighted by molar-refractivity contribution is -0.122. The van der Waals surface area contributed by atoms with Crippen LogP contribution in [0.15, 0.2) is 54.9 Å². The summed E-state index contributed by atoms with van der Waals surface area (Å²) < 4.78 is 0. The van der Waals surface area contributed by atoms with Crippen molar-refractivity contribution in [2.75, 3.05) is 13.1 Å². The van der Waals surface area contributed by atoms with Gasteiger partial charge in [-0.15, -0.1) is 0 Å². The van der Waals surface area contributed by atoms with Crippen LogP contribution in [-0.4, -0.2) is 24.0 Å². The molecule has 2 N–H and O–H groups in total. The fourth-order valence-electron chi connectivity index (χ4n) is 3.64. The van der Waals surface area contributed by atoms with E-state index in [0.717, 1.165) is 24.2 Å². The molecule has 0 aliphatic carbocycles. The van der Waals surface area contributed by atoms with E-state index in [1.807, 2.05) is 48.7 Å². The molecule has 1 aromatic carbocycles. The van der Waals surface area contributed by atoms with E-state index in [-0.39, 0.29) is 11.9 Å². The molecule has 0 radical (unpaired) electrons. The first-order chi connectivity index (χ1) is 12.2. The number of nitrogens with zero attached hydrogens (tertiary/aromatic N) is 1. The maximum Gasteiger partial charge on any atom is 0.221 e. The Kier molecular flexibility index (Phi) is 6.18. The van der Waals surface area contributed by atoms with Gasteiger partial charge in [-0.25, -0.2) is 0 Å². The van der Waals surface area contributed by atoms with Crippen molar-refractivity contribution in [1.29, 1.82) is 0 Å². The molecule has 1 aliphatic heterocycles. The summed E-state index contributed by atoms with van der Waals surface area (Å²) in [6.07, 6.45) is 6.49. The average molecular weight is 337 g/mol.